The Hall–Kier alpha value is -1.67. The van der Waals surface area contributed by atoms with Gasteiger partial charge in [-0.25, -0.2) is 9.13 Å². The van der Waals surface area contributed by atoms with Crippen molar-refractivity contribution in [2.45, 2.75) is 32.9 Å². The van der Waals surface area contributed by atoms with Crippen LogP contribution in [0.1, 0.15) is 19.8 Å². The summed E-state index contributed by atoms with van der Waals surface area (Å²) in [6.07, 6.45) is 8.71. The first kappa shape index (κ1) is 71.3. The summed E-state index contributed by atoms with van der Waals surface area (Å²) < 4.78 is 120. The van der Waals surface area contributed by atoms with Crippen LogP contribution < -0.4 is 4.57 Å². The van der Waals surface area contributed by atoms with E-state index in [-0.39, 0.29) is 6.61 Å². The number of aryl methyl sites for hydroxylation is 1. The fraction of sp³-hybridized carbons (Fsp3) is 0.941. The average molecular weight is 1090 g/mol. The highest BCUT2D eigenvalue weighted by atomic mass is 16.6. The molecule has 0 aliphatic heterocycles. The maximum absolute atomic E-state index is 8.61. The molecule has 1 aromatic rings. The lowest BCUT2D eigenvalue weighted by Gasteiger charge is -2.09. The fourth-order valence-corrected chi connectivity index (χ4v) is 5.78. The van der Waals surface area contributed by atoms with Crippen LogP contribution in [0.4, 0.5) is 0 Å². The molecule has 0 saturated heterocycles. The minimum absolute atomic E-state index is 0.0191. The first-order chi connectivity index (χ1) is 37.4. The van der Waals surface area contributed by atoms with Crippen molar-refractivity contribution in [1.82, 2.24) is 4.57 Å². The lowest BCUT2D eigenvalue weighted by atomic mass is 10.3. The number of imidazole rings is 1. The first-order valence-corrected chi connectivity index (χ1v) is 27.1. The summed E-state index contributed by atoms with van der Waals surface area (Å²) in [5.74, 6) is 0. The van der Waals surface area contributed by atoms with Crippen LogP contribution in [-0.2, 0) is 113 Å². The van der Waals surface area contributed by atoms with E-state index in [4.69, 9.17) is 105 Å². The van der Waals surface area contributed by atoms with Crippen LogP contribution in [0.2, 0.25) is 0 Å². The Labute approximate surface area is 448 Å². The van der Waals surface area contributed by atoms with E-state index >= 15 is 0 Å². The van der Waals surface area contributed by atoms with Crippen molar-refractivity contribution in [3.8, 4) is 0 Å². The molecule has 0 atom stereocenters. The van der Waals surface area contributed by atoms with Crippen LogP contribution in [0.5, 0.6) is 0 Å². The predicted octanol–water partition coefficient (Wildman–Crippen LogP) is 0.917. The van der Waals surface area contributed by atoms with E-state index in [9.17, 15) is 0 Å². The summed E-state index contributed by atoms with van der Waals surface area (Å²) in [6.45, 7) is 25.0. The second-order valence-electron chi connectivity index (χ2n) is 15.8. The molecule has 1 N–H and O–H groups in total. The van der Waals surface area contributed by atoms with Crippen molar-refractivity contribution in [1.29, 1.82) is 0 Å². The Bertz CT molecular complexity index is 1190. The zero-order chi connectivity index (χ0) is 53.4. The summed E-state index contributed by atoms with van der Waals surface area (Å²) in [5, 5.41) is 8.61. The smallest absolute Gasteiger partial charge is 0.243 e. The molecule has 24 nitrogen and oxygen atoms in total. The number of nitrogens with zero attached hydrogens (tertiary/aromatic N) is 2. The molecule has 0 aliphatic rings. The van der Waals surface area contributed by atoms with Gasteiger partial charge in [0.15, 0.2) is 0 Å². The molecule has 0 unspecified atom stereocenters. The topological polar surface area (TPSA) is 223 Å². The lowest BCUT2D eigenvalue weighted by Crippen LogP contribution is -2.30. The van der Waals surface area contributed by atoms with Crippen LogP contribution in [0.25, 0.3) is 0 Å². The molecule has 24 heteroatoms. The van der Waals surface area contributed by atoms with Gasteiger partial charge in [-0.3, -0.25) is 0 Å². The second kappa shape index (κ2) is 64.9. The van der Waals surface area contributed by atoms with E-state index in [1.54, 1.807) is 0 Å². The molecule has 446 valence electrons. The number of ether oxygens (including phenoxy) is 21. The van der Waals surface area contributed by atoms with Crippen molar-refractivity contribution in [2.75, 3.05) is 284 Å². The minimum atomic E-state index is 0.0191. The molecule has 0 spiro atoms. The summed E-state index contributed by atoms with van der Waals surface area (Å²) in [4.78, 5) is 0. The lowest BCUT2D eigenvalue weighted by molar-refractivity contribution is -0.696. The zero-order valence-electron chi connectivity index (χ0n) is 45.9. The number of hydrogen-bond acceptors (Lipinski definition) is 22. The van der Waals surface area contributed by atoms with Gasteiger partial charge in [-0.2, -0.15) is 0 Å². The van der Waals surface area contributed by atoms with Gasteiger partial charge in [-0.05, 0) is 6.42 Å². The van der Waals surface area contributed by atoms with Crippen molar-refractivity contribution in [3.05, 3.63) is 18.7 Å². The van der Waals surface area contributed by atoms with Gasteiger partial charge in [0.25, 0.3) is 0 Å². The summed E-state index contributed by atoms with van der Waals surface area (Å²) in [5.41, 5.74) is 0. The predicted molar refractivity (Wildman–Crippen MR) is 274 cm³/mol. The normalized spacial score (nSPS) is 11.8. The van der Waals surface area contributed by atoms with Crippen LogP contribution >= 0.6 is 0 Å². The highest BCUT2D eigenvalue weighted by molar-refractivity contribution is 4.66. The van der Waals surface area contributed by atoms with E-state index in [2.05, 4.69) is 34.8 Å². The Balaban J connectivity index is 1.60. The van der Waals surface area contributed by atoms with Crippen molar-refractivity contribution < 1.29 is 109 Å². The Morgan fingerprint density at radius 1 is 0.280 bits per heavy atom. The molecule has 1 aromatic heterocycles. The van der Waals surface area contributed by atoms with E-state index < -0.39 is 0 Å². The summed E-state index contributed by atoms with van der Waals surface area (Å²) in [6, 6.07) is 0. The second-order valence-corrected chi connectivity index (χ2v) is 15.8. The fourth-order valence-electron chi connectivity index (χ4n) is 5.78. The molecule has 0 amide bonds. The van der Waals surface area contributed by atoms with E-state index in [0.717, 1.165) is 13.1 Å². The first-order valence-electron chi connectivity index (χ1n) is 27.1. The van der Waals surface area contributed by atoms with Crippen LogP contribution in [0.15, 0.2) is 18.7 Å². The standard InChI is InChI=1S/C51H101N2O22/c1-2-3-4-52-5-6-53(51-52)7-9-55-11-13-57-15-17-59-19-21-61-23-25-63-27-29-65-31-33-67-35-37-69-39-41-71-43-45-73-47-49-75-50-48-74-46-44-72-42-40-70-38-36-68-34-32-66-30-28-64-26-24-62-22-20-60-18-16-58-14-12-56-10-8-54/h5-6,51,54H,2-4,7-50H2,1H3/q+1. The number of hydrogen-bond donors (Lipinski definition) is 1. The van der Waals surface area contributed by atoms with Gasteiger partial charge in [-0.15, -0.1) is 0 Å². The maximum Gasteiger partial charge on any atom is 0.243 e. The van der Waals surface area contributed by atoms with Gasteiger partial charge < -0.3 is 105 Å². The summed E-state index contributed by atoms with van der Waals surface area (Å²) in [7, 11) is 0. The van der Waals surface area contributed by atoms with E-state index in [1.165, 1.54) is 12.8 Å². The number of rotatable bonds is 68. The monoisotopic (exact) mass is 1090 g/mol. The minimum Gasteiger partial charge on any atom is -0.394 e. The average Bonchev–Trinajstić information content (AvgIpc) is 3.88. The molecule has 75 heavy (non-hydrogen) atoms. The Kier molecular flexibility index (Phi) is 61.7. The molecule has 1 heterocycles. The molecule has 0 radical (unpaired) electrons. The third-order valence-corrected chi connectivity index (χ3v) is 9.69. The number of aliphatic hydroxyl groups excluding tert-OH is 1. The molecular weight excluding hydrogens is 993 g/mol. The molecule has 0 bridgehead atoms. The molecule has 0 saturated carbocycles. The molecule has 1 rings (SSSR count). The largest absolute Gasteiger partial charge is 0.394 e. The number of unbranched alkanes of at least 4 members (excludes halogenated alkanes) is 1. The van der Waals surface area contributed by atoms with Gasteiger partial charge in [0.2, 0.25) is 6.33 Å². The van der Waals surface area contributed by atoms with Gasteiger partial charge >= 0.3 is 0 Å². The Morgan fingerprint density at radius 3 is 0.653 bits per heavy atom. The van der Waals surface area contributed by atoms with Gasteiger partial charge in [0.1, 0.15) is 18.9 Å². The van der Waals surface area contributed by atoms with Crippen LogP contribution in [-0.4, -0.2) is 294 Å². The third kappa shape index (κ3) is 59.8. The van der Waals surface area contributed by atoms with Gasteiger partial charge in [-0.1, -0.05) is 13.3 Å². The van der Waals surface area contributed by atoms with Gasteiger partial charge in [0, 0.05) is 0 Å². The highest BCUT2D eigenvalue weighted by Crippen LogP contribution is 1.93. The molecule has 0 aromatic carbocycles. The maximum atomic E-state index is 8.61. The zero-order valence-corrected chi connectivity index (χ0v) is 45.9. The molecule has 0 fully saturated rings. The van der Waals surface area contributed by atoms with Crippen LogP contribution in [0, 0.1) is 0 Å². The Morgan fingerprint density at radius 2 is 0.467 bits per heavy atom. The third-order valence-electron chi connectivity index (χ3n) is 9.69. The number of aromatic nitrogens is 2. The molecular formula is C51H101N2O22+. The number of aliphatic hydroxyl groups is 1. The van der Waals surface area contributed by atoms with Crippen LogP contribution in [0.3, 0.4) is 0 Å². The van der Waals surface area contributed by atoms with Crippen molar-refractivity contribution >= 4 is 0 Å². The van der Waals surface area contributed by atoms with E-state index in [1.807, 2.05) is 0 Å². The summed E-state index contributed by atoms with van der Waals surface area (Å²) >= 11 is 0. The van der Waals surface area contributed by atoms with E-state index in [0.29, 0.717) is 277 Å². The van der Waals surface area contributed by atoms with Gasteiger partial charge in [0.05, 0.1) is 291 Å². The van der Waals surface area contributed by atoms with Crippen molar-refractivity contribution in [2.24, 2.45) is 0 Å². The highest BCUT2D eigenvalue weighted by Gasteiger charge is 2.04. The SMILES string of the molecule is CCCC[n+]1ccn(CCOCCOCCOCCOCCOCCOCCOCCOCCOCCOCCOCCOCCOCCOCCOCCOCCOCCOCCOCCOCCOCCO)c1. The molecule has 0 aliphatic carbocycles. The quantitative estimate of drug-likeness (QED) is 0.0708. The van der Waals surface area contributed by atoms with Crippen molar-refractivity contribution in [3.63, 3.8) is 0 Å².